The SMILES string of the molecule is CCCCCCn1c2nc3ccccc3nc2c2c(=O)n(CCC(C)C)cnc21. The van der Waals surface area contributed by atoms with E-state index in [1.807, 2.05) is 24.3 Å². The van der Waals surface area contributed by atoms with Crippen molar-refractivity contribution in [3.63, 3.8) is 0 Å². The van der Waals surface area contributed by atoms with E-state index in [9.17, 15) is 4.79 Å². The maximum absolute atomic E-state index is 13.3. The zero-order chi connectivity index (χ0) is 20.4. The number of para-hydroxylation sites is 2. The Kier molecular flexibility index (Phi) is 5.60. The molecule has 0 aliphatic carbocycles. The lowest BCUT2D eigenvalue weighted by Gasteiger charge is -2.08. The molecule has 0 saturated heterocycles. The van der Waals surface area contributed by atoms with Crippen LogP contribution in [0.2, 0.25) is 0 Å². The molecular weight excluding hydrogens is 362 g/mol. The fraction of sp³-hybridized carbons (Fsp3) is 0.478. The monoisotopic (exact) mass is 391 g/mol. The van der Waals surface area contributed by atoms with E-state index in [1.54, 1.807) is 10.9 Å². The summed E-state index contributed by atoms with van der Waals surface area (Å²) in [6.45, 7) is 8.01. The Morgan fingerprint density at radius 3 is 2.45 bits per heavy atom. The molecule has 0 N–H and O–H groups in total. The second-order valence-electron chi connectivity index (χ2n) is 8.22. The van der Waals surface area contributed by atoms with Crippen LogP contribution in [0.3, 0.4) is 0 Å². The molecule has 0 amide bonds. The molecular formula is C23H29N5O. The van der Waals surface area contributed by atoms with Crippen LogP contribution >= 0.6 is 0 Å². The van der Waals surface area contributed by atoms with Gasteiger partial charge in [-0.1, -0.05) is 52.2 Å². The molecule has 1 aromatic carbocycles. The molecule has 4 rings (SSSR count). The zero-order valence-corrected chi connectivity index (χ0v) is 17.6. The molecule has 4 aromatic rings. The predicted octanol–water partition coefficient (Wildman–Crippen LogP) is 4.92. The highest BCUT2D eigenvalue weighted by Crippen LogP contribution is 2.25. The van der Waals surface area contributed by atoms with Gasteiger partial charge in [0.25, 0.3) is 5.56 Å². The van der Waals surface area contributed by atoms with Gasteiger partial charge in [-0.25, -0.2) is 15.0 Å². The van der Waals surface area contributed by atoms with Gasteiger partial charge in [-0.15, -0.1) is 0 Å². The number of fused-ring (bicyclic) bond motifs is 4. The quantitative estimate of drug-likeness (QED) is 0.400. The third-order valence-corrected chi connectivity index (χ3v) is 5.50. The highest BCUT2D eigenvalue weighted by molar-refractivity contribution is 6.04. The first-order valence-corrected chi connectivity index (χ1v) is 10.7. The van der Waals surface area contributed by atoms with Crippen LogP contribution in [0.15, 0.2) is 35.4 Å². The van der Waals surface area contributed by atoms with E-state index in [2.05, 4.69) is 25.3 Å². The van der Waals surface area contributed by atoms with Gasteiger partial charge >= 0.3 is 0 Å². The molecule has 152 valence electrons. The number of unbranched alkanes of at least 4 members (excludes halogenated alkanes) is 3. The average molecular weight is 392 g/mol. The lowest BCUT2D eigenvalue weighted by molar-refractivity contribution is 0.505. The maximum Gasteiger partial charge on any atom is 0.265 e. The summed E-state index contributed by atoms with van der Waals surface area (Å²) in [5.74, 6) is 0.529. The summed E-state index contributed by atoms with van der Waals surface area (Å²) >= 11 is 0. The van der Waals surface area contributed by atoms with Gasteiger partial charge in [0.1, 0.15) is 10.9 Å². The molecule has 29 heavy (non-hydrogen) atoms. The van der Waals surface area contributed by atoms with Crippen LogP contribution < -0.4 is 5.56 Å². The summed E-state index contributed by atoms with van der Waals surface area (Å²) in [4.78, 5) is 27.7. The molecule has 0 atom stereocenters. The van der Waals surface area contributed by atoms with Gasteiger partial charge in [0.15, 0.2) is 11.3 Å². The van der Waals surface area contributed by atoms with Crippen LogP contribution in [-0.4, -0.2) is 24.1 Å². The molecule has 0 unspecified atom stereocenters. The van der Waals surface area contributed by atoms with Crippen molar-refractivity contribution in [3.8, 4) is 0 Å². The van der Waals surface area contributed by atoms with Crippen LogP contribution in [0, 0.1) is 5.92 Å². The highest BCUT2D eigenvalue weighted by Gasteiger charge is 2.19. The maximum atomic E-state index is 13.3. The molecule has 0 radical (unpaired) electrons. The number of aromatic nitrogens is 5. The van der Waals surface area contributed by atoms with Crippen LogP contribution in [0.4, 0.5) is 0 Å². The van der Waals surface area contributed by atoms with Crippen LogP contribution in [0.25, 0.3) is 33.2 Å². The summed E-state index contributed by atoms with van der Waals surface area (Å²) in [5, 5.41) is 0.597. The lowest BCUT2D eigenvalue weighted by Crippen LogP contribution is -2.21. The van der Waals surface area contributed by atoms with Crippen molar-refractivity contribution >= 4 is 33.2 Å². The third-order valence-electron chi connectivity index (χ3n) is 5.50. The van der Waals surface area contributed by atoms with Gasteiger partial charge < -0.3 is 4.57 Å². The number of aryl methyl sites for hydroxylation is 2. The van der Waals surface area contributed by atoms with Gasteiger partial charge in [0.2, 0.25) is 0 Å². The molecule has 3 heterocycles. The largest absolute Gasteiger partial charge is 0.308 e. The van der Waals surface area contributed by atoms with Crippen molar-refractivity contribution in [1.29, 1.82) is 0 Å². The molecule has 6 heteroatoms. The van der Waals surface area contributed by atoms with E-state index < -0.39 is 0 Å². The minimum Gasteiger partial charge on any atom is -0.308 e. The molecule has 0 aliphatic heterocycles. The summed E-state index contributed by atoms with van der Waals surface area (Å²) in [6.07, 6.45) is 7.23. The second kappa shape index (κ2) is 8.31. The first kappa shape index (κ1) is 19.6. The van der Waals surface area contributed by atoms with Crippen LogP contribution in [0.5, 0.6) is 0 Å². The Hall–Kier alpha value is -2.76. The summed E-state index contributed by atoms with van der Waals surface area (Å²) < 4.78 is 3.81. The van der Waals surface area contributed by atoms with Gasteiger partial charge in [-0.05, 0) is 30.9 Å². The van der Waals surface area contributed by atoms with E-state index in [1.165, 1.54) is 12.8 Å². The second-order valence-corrected chi connectivity index (χ2v) is 8.22. The van der Waals surface area contributed by atoms with E-state index in [4.69, 9.17) is 15.0 Å². The number of hydrogen-bond acceptors (Lipinski definition) is 4. The third kappa shape index (κ3) is 3.76. The Bertz CT molecular complexity index is 1200. The lowest BCUT2D eigenvalue weighted by atomic mass is 10.1. The Balaban J connectivity index is 1.91. The molecule has 0 saturated carbocycles. The molecule has 0 spiro atoms. The fourth-order valence-electron chi connectivity index (χ4n) is 3.80. The first-order valence-electron chi connectivity index (χ1n) is 10.7. The van der Waals surface area contributed by atoms with Gasteiger partial charge in [0.05, 0.1) is 17.4 Å². The van der Waals surface area contributed by atoms with Crippen molar-refractivity contribution in [2.45, 2.75) is 66.0 Å². The molecule has 3 aromatic heterocycles. The number of rotatable bonds is 8. The van der Waals surface area contributed by atoms with Crippen LogP contribution in [0.1, 0.15) is 52.9 Å². The summed E-state index contributed by atoms with van der Waals surface area (Å²) in [6, 6.07) is 7.83. The van der Waals surface area contributed by atoms with Gasteiger partial charge in [-0.3, -0.25) is 9.36 Å². The Morgan fingerprint density at radius 1 is 0.966 bits per heavy atom. The van der Waals surface area contributed by atoms with Gasteiger partial charge in [0, 0.05) is 13.1 Å². The fourth-order valence-corrected chi connectivity index (χ4v) is 3.80. The van der Waals surface area contributed by atoms with Crippen molar-refractivity contribution in [3.05, 3.63) is 40.9 Å². The Morgan fingerprint density at radius 2 is 1.72 bits per heavy atom. The van der Waals surface area contributed by atoms with Gasteiger partial charge in [-0.2, -0.15) is 0 Å². The van der Waals surface area contributed by atoms with E-state index in [-0.39, 0.29) is 5.56 Å². The van der Waals surface area contributed by atoms with E-state index in [0.29, 0.717) is 29.0 Å². The van der Waals surface area contributed by atoms with Crippen molar-refractivity contribution in [2.24, 2.45) is 5.92 Å². The molecule has 0 aliphatic rings. The van der Waals surface area contributed by atoms with Crippen LogP contribution in [-0.2, 0) is 13.1 Å². The van der Waals surface area contributed by atoms with Crippen molar-refractivity contribution in [2.75, 3.05) is 0 Å². The molecule has 6 nitrogen and oxygen atoms in total. The minimum atomic E-state index is -0.0162. The summed E-state index contributed by atoms with van der Waals surface area (Å²) in [7, 11) is 0. The van der Waals surface area contributed by atoms with E-state index >= 15 is 0 Å². The normalized spacial score (nSPS) is 12.0. The molecule has 0 fully saturated rings. The first-order chi connectivity index (χ1) is 14.1. The average Bonchev–Trinajstić information content (AvgIpc) is 3.02. The smallest absolute Gasteiger partial charge is 0.265 e. The van der Waals surface area contributed by atoms with Crippen molar-refractivity contribution in [1.82, 2.24) is 24.1 Å². The topological polar surface area (TPSA) is 65.6 Å². The summed E-state index contributed by atoms with van der Waals surface area (Å²) in [5.41, 5.74) is 3.78. The number of nitrogens with zero attached hydrogens (tertiary/aromatic N) is 5. The Labute approximate surface area is 170 Å². The molecule has 0 bridgehead atoms. The zero-order valence-electron chi connectivity index (χ0n) is 17.6. The van der Waals surface area contributed by atoms with Crippen molar-refractivity contribution < 1.29 is 0 Å². The number of benzene rings is 1. The van der Waals surface area contributed by atoms with E-state index in [0.717, 1.165) is 42.5 Å². The number of hydrogen-bond donors (Lipinski definition) is 0. The predicted molar refractivity (Wildman–Crippen MR) is 118 cm³/mol. The standard InChI is InChI=1S/C23H29N5O/c1-4-5-6-9-13-28-21-19(23(29)27(15-24-21)14-12-16(2)3)20-22(28)26-18-11-8-7-10-17(18)25-20/h7-8,10-11,15-16H,4-6,9,12-14H2,1-3H3. The minimum absolute atomic E-state index is 0.0162. The highest BCUT2D eigenvalue weighted by atomic mass is 16.1.